The molecule has 0 aliphatic carbocycles. The molecule has 0 aromatic heterocycles. The molecule has 0 aliphatic heterocycles. The SMILES string of the molecule is Cc1c(N)cccc1OCCCOc1cc(Cl)ccc1Cl. The van der Waals surface area contributed by atoms with E-state index in [2.05, 4.69) is 0 Å². The highest BCUT2D eigenvalue weighted by Crippen LogP contribution is 2.28. The van der Waals surface area contributed by atoms with E-state index in [4.69, 9.17) is 38.4 Å². The van der Waals surface area contributed by atoms with Crippen molar-refractivity contribution in [2.24, 2.45) is 0 Å². The Morgan fingerprint density at radius 2 is 1.71 bits per heavy atom. The summed E-state index contributed by atoms with van der Waals surface area (Å²) >= 11 is 11.9. The molecule has 2 aromatic carbocycles. The third-order valence-corrected chi connectivity index (χ3v) is 3.57. The Hall–Kier alpha value is -1.58. The molecule has 0 atom stereocenters. The van der Waals surface area contributed by atoms with E-state index in [-0.39, 0.29) is 0 Å². The number of halogens is 2. The molecule has 2 rings (SSSR count). The van der Waals surface area contributed by atoms with Gasteiger partial charge in [0.1, 0.15) is 11.5 Å². The van der Waals surface area contributed by atoms with Gasteiger partial charge in [-0.2, -0.15) is 0 Å². The monoisotopic (exact) mass is 325 g/mol. The lowest BCUT2D eigenvalue weighted by Crippen LogP contribution is -2.06. The van der Waals surface area contributed by atoms with Crippen LogP contribution in [0.1, 0.15) is 12.0 Å². The molecule has 0 amide bonds. The van der Waals surface area contributed by atoms with Gasteiger partial charge in [0.25, 0.3) is 0 Å². The van der Waals surface area contributed by atoms with Crippen LogP contribution in [0.25, 0.3) is 0 Å². The fourth-order valence-corrected chi connectivity index (χ4v) is 2.13. The summed E-state index contributed by atoms with van der Waals surface area (Å²) in [4.78, 5) is 0. The highest BCUT2D eigenvalue weighted by atomic mass is 35.5. The zero-order valence-corrected chi connectivity index (χ0v) is 13.2. The van der Waals surface area contributed by atoms with E-state index in [0.29, 0.717) is 29.0 Å². The second-order valence-electron chi connectivity index (χ2n) is 4.60. The molecule has 5 heteroatoms. The highest BCUT2D eigenvalue weighted by Gasteiger charge is 2.04. The van der Waals surface area contributed by atoms with Crippen molar-refractivity contribution >= 4 is 28.9 Å². The number of ether oxygens (including phenoxy) is 2. The first-order valence-corrected chi connectivity index (χ1v) is 7.39. The lowest BCUT2D eigenvalue weighted by Gasteiger charge is -2.11. The fraction of sp³-hybridized carbons (Fsp3) is 0.250. The van der Waals surface area contributed by atoms with E-state index in [1.807, 2.05) is 25.1 Å². The molecule has 2 N–H and O–H groups in total. The lowest BCUT2D eigenvalue weighted by atomic mass is 10.2. The lowest BCUT2D eigenvalue weighted by molar-refractivity contribution is 0.247. The van der Waals surface area contributed by atoms with Crippen LogP contribution in [0.15, 0.2) is 36.4 Å². The van der Waals surface area contributed by atoms with Crippen molar-refractivity contribution in [2.75, 3.05) is 18.9 Å². The zero-order valence-electron chi connectivity index (χ0n) is 11.7. The largest absolute Gasteiger partial charge is 0.493 e. The van der Waals surface area contributed by atoms with E-state index in [9.17, 15) is 0 Å². The average molecular weight is 326 g/mol. The number of hydrogen-bond donors (Lipinski definition) is 1. The molecule has 0 aliphatic rings. The Bertz CT molecular complexity index is 613. The Morgan fingerprint density at radius 3 is 2.48 bits per heavy atom. The van der Waals surface area contributed by atoms with Crippen LogP contribution in [0, 0.1) is 6.92 Å². The third kappa shape index (κ3) is 4.45. The van der Waals surface area contributed by atoms with Gasteiger partial charge in [-0.1, -0.05) is 29.3 Å². The van der Waals surface area contributed by atoms with Gasteiger partial charge in [0, 0.05) is 28.8 Å². The van der Waals surface area contributed by atoms with Crippen LogP contribution in [-0.4, -0.2) is 13.2 Å². The molecule has 21 heavy (non-hydrogen) atoms. The van der Waals surface area contributed by atoms with Gasteiger partial charge in [-0.05, 0) is 31.2 Å². The summed E-state index contributed by atoms with van der Waals surface area (Å²) in [5.41, 5.74) is 7.51. The Balaban J connectivity index is 1.78. The summed E-state index contributed by atoms with van der Waals surface area (Å²) in [6.45, 7) is 2.98. The van der Waals surface area contributed by atoms with Crippen molar-refractivity contribution in [3.05, 3.63) is 52.0 Å². The van der Waals surface area contributed by atoms with Crippen LogP contribution in [0.4, 0.5) is 5.69 Å². The molecular weight excluding hydrogens is 309 g/mol. The van der Waals surface area contributed by atoms with E-state index >= 15 is 0 Å². The minimum atomic E-state index is 0.501. The summed E-state index contributed by atoms with van der Waals surface area (Å²) < 4.78 is 11.3. The maximum atomic E-state index is 6.01. The van der Waals surface area contributed by atoms with Gasteiger partial charge >= 0.3 is 0 Å². The zero-order chi connectivity index (χ0) is 15.2. The van der Waals surface area contributed by atoms with Crippen LogP contribution in [0.3, 0.4) is 0 Å². The quantitative estimate of drug-likeness (QED) is 0.616. The molecule has 112 valence electrons. The molecule has 2 aromatic rings. The van der Waals surface area contributed by atoms with Gasteiger partial charge in [0.15, 0.2) is 0 Å². The normalized spacial score (nSPS) is 10.4. The number of benzene rings is 2. The average Bonchev–Trinajstić information content (AvgIpc) is 2.46. The predicted molar refractivity (Wildman–Crippen MR) is 87.7 cm³/mol. The number of nitrogen functional groups attached to an aromatic ring is 1. The number of nitrogens with two attached hydrogens (primary N) is 1. The van der Waals surface area contributed by atoms with Crippen LogP contribution < -0.4 is 15.2 Å². The fourth-order valence-electron chi connectivity index (χ4n) is 1.80. The van der Waals surface area contributed by atoms with Gasteiger partial charge in [0.05, 0.1) is 18.2 Å². The highest BCUT2D eigenvalue weighted by molar-refractivity contribution is 6.34. The summed E-state index contributed by atoms with van der Waals surface area (Å²) in [5.74, 6) is 1.39. The maximum Gasteiger partial charge on any atom is 0.139 e. The van der Waals surface area contributed by atoms with Gasteiger partial charge < -0.3 is 15.2 Å². The van der Waals surface area contributed by atoms with Gasteiger partial charge in [-0.15, -0.1) is 0 Å². The standard InChI is InChI=1S/C16H17Cl2NO2/c1-11-14(19)4-2-5-15(11)20-8-3-9-21-16-10-12(17)6-7-13(16)18/h2,4-7,10H,3,8-9,19H2,1H3. The second kappa shape index (κ2) is 7.43. The van der Waals surface area contributed by atoms with Crippen molar-refractivity contribution in [3.63, 3.8) is 0 Å². The Labute approximate surface area is 134 Å². The van der Waals surface area contributed by atoms with Crippen LogP contribution in [0.2, 0.25) is 10.0 Å². The van der Waals surface area contributed by atoms with E-state index in [1.54, 1.807) is 18.2 Å². The summed E-state index contributed by atoms with van der Waals surface area (Å²) in [6.07, 6.45) is 0.733. The van der Waals surface area contributed by atoms with Crippen molar-refractivity contribution in [1.29, 1.82) is 0 Å². The summed E-state index contributed by atoms with van der Waals surface area (Å²) in [5, 5.41) is 1.15. The molecule has 0 radical (unpaired) electrons. The molecule has 0 fully saturated rings. The molecule has 3 nitrogen and oxygen atoms in total. The molecule has 0 bridgehead atoms. The van der Waals surface area contributed by atoms with E-state index < -0.39 is 0 Å². The van der Waals surface area contributed by atoms with Crippen LogP contribution in [0.5, 0.6) is 11.5 Å². The number of rotatable bonds is 6. The van der Waals surface area contributed by atoms with Crippen molar-refractivity contribution < 1.29 is 9.47 Å². The smallest absolute Gasteiger partial charge is 0.139 e. The maximum absolute atomic E-state index is 6.01. The first-order valence-electron chi connectivity index (χ1n) is 6.63. The molecule has 0 unspecified atom stereocenters. The minimum absolute atomic E-state index is 0.501. The van der Waals surface area contributed by atoms with Gasteiger partial charge in [-0.25, -0.2) is 0 Å². The molecular formula is C16H17Cl2NO2. The molecule has 0 heterocycles. The van der Waals surface area contributed by atoms with Gasteiger partial charge in [-0.3, -0.25) is 0 Å². The van der Waals surface area contributed by atoms with E-state index in [0.717, 1.165) is 23.4 Å². The van der Waals surface area contributed by atoms with E-state index in [1.165, 1.54) is 0 Å². The van der Waals surface area contributed by atoms with Crippen molar-refractivity contribution in [3.8, 4) is 11.5 Å². The molecule has 0 spiro atoms. The minimum Gasteiger partial charge on any atom is -0.493 e. The van der Waals surface area contributed by atoms with Crippen LogP contribution in [-0.2, 0) is 0 Å². The predicted octanol–water partition coefficient (Wildman–Crippen LogP) is 4.73. The molecule has 0 saturated heterocycles. The van der Waals surface area contributed by atoms with Gasteiger partial charge in [0.2, 0.25) is 0 Å². The first-order chi connectivity index (χ1) is 10.1. The summed E-state index contributed by atoms with van der Waals surface area (Å²) in [7, 11) is 0. The summed E-state index contributed by atoms with van der Waals surface area (Å²) in [6, 6.07) is 10.8. The topological polar surface area (TPSA) is 44.5 Å². The van der Waals surface area contributed by atoms with Crippen molar-refractivity contribution in [2.45, 2.75) is 13.3 Å². The molecule has 0 saturated carbocycles. The first kappa shape index (κ1) is 15.8. The second-order valence-corrected chi connectivity index (χ2v) is 5.44. The van der Waals surface area contributed by atoms with Crippen molar-refractivity contribution in [1.82, 2.24) is 0 Å². The number of anilines is 1. The number of hydrogen-bond acceptors (Lipinski definition) is 3. The van der Waals surface area contributed by atoms with Crippen LogP contribution >= 0.6 is 23.2 Å². The third-order valence-electron chi connectivity index (χ3n) is 3.02. The Morgan fingerprint density at radius 1 is 1.00 bits per heavy atom. The Kier molecular flexibility index (Phi) is 5.59.